The molecule has 0 saturated carbocycles. The number of fused-ring (bicyclic) bond motifs is 1. The van der Waals surface area contributed by atoms with E-state index in [4.69, 9.17) is 36.1 Å². The lowest BCUT2D eigenvalue weighted by molar-refractivity contribution is 0.297. The summed E-state index contributed by atoms with van der Waals surface area (Å²) in [5.74, 6) is 1.72. The predicted octanol–water partition coefficient (Wildman–Crippen LogP) is 2.75. The van der Waals surface area contributed by atoms with Crippen molar-refractivity contribution in [2.24, 2.45) is 0 Å². The quantitative estimate of drug-likeness (QED) is 0.918. The number of nitrogens with zero attached hydrogens (tertiary/aromatic N) is 1. The molecule has 0 aliphatic carbocycles. The largest absolute Gasteiger partial charge is 0.494 e. The monoisotopic (exact) mass is 296 g/mol. The van der Waals surface area contributed by atoms with Crippen molar-refractivity contribution in [2.75, 3.05) is 26.1 Å². The fraction of sp³-hybridized carbons (Fsp3) is 0.308. The molecule has 0 bridgehead atoms. The molecule has 2 aromatic rings. The molecule has 1 aromatic carbocycles. The fourth-order valence-electron chi connectivity index (χ4n) is 2.14. The van der Waals surface area contributed by atoms with Crippen LogP contribution in [0.15, 0.2) is 16.8 Å². The Balaban J connectivity index is 2.29. The summed E-state index contributed by atoms with van der Waals surface area (Å²) in [5.41, 5.74) is 6.95. The number of aromatic nitrogens is 1. The van der Waals surface area contributed by atoms with Crippen LogP contribution in [0.5, 0.6) is 17.2 Å². The summed E-state index contributed by atoms with van der Waals surface area (Å²) < 4.78 is 21.7. The molecule has 0 radical (unpaired) electrons. The van der Waals surface area contributed by atoms with Crippen molar-refractivity contribution < 1.29 is 18.7 Å². The third-order valence-corrected chi connectivity index (χ3v) is 3.30. The highest BCUT2D eigenvalue weighted by Crippen LogP contribution is 2.50. The summed E-state index contributed by atoms with van der Waals surface area (Å²) in [6.45, 7) is 1.10. The van der Waals surface area contributed by atoms with Crippen LogP contribution in [0.1, 0.15) is 6.42 Å². The zero-order valence-electron chi connectivity index (χ0n) is 10.8. The number of halogens is 1. The Morgan fingerprint density at radius 3 is 2.85 bits per heavy atom. The number of hydrogen-bond donors (Lipinski definition) is 1. The van der Waals surface area contributed by atoms with E-state index in [0.29, 0.717) is 46.6 Å². The van der Waals surface area contributed by atoms with Gasteiger partial charge < -0.3 is 24.5 Å². The van der Waals surface area contributed by atoms with E-state index in [1.807, 2.05) is 0 Å². The smallest absolute Gasteiger partial charge is 0.230 e. The molecule has 0 fully saturated rings. The Bertz CT molecular complexity index is 642. The standard InChI is InChI=1S/C13H13ClN2O4/c1-17-11-8(14)5-9-12(19-4-2-3-18-9)10(11)7-6-16-20-13(7)15/h5-6H,2-4,15H2,1H3. The Morgan fingerprint density at radius 1 is 1.35 bits per heavy atom. The van der Waals surface area contributed by atoms with Crippen LogP contribution in [0.25, 0.3) is 11.1 Å². The summed E-state index contributed by atoms with van der Waals surface area (Å²) in [4.78, 5) is 0. The molecule has 3 rings (SSSR count). The van der Waals surface area contributed by atoms with E-state index in [1.54, 1.807) is 6.07 Å². The molecular formula is C13H13ClN2O4. The van der Waals surface area contributed by atoms with Crippen molar-refractivity contribution in [1.29, 1.82) is 0 Å². The lowest BCUT2D eigenvalue weighted by Crippen LogP contribution is -1.99. The zero-order valence-corrected chi connectivity index (χ0v) is 11.6. The maximum absolute atomic E-state index is 6.24. The molecule has 2 heterocycles. The zero-order chi connectivity index (χ0) is 14.1. The third kappa shape index (κ3) is 2.02. The molecule has 0 unspecified atom stereocenters. The molecule has 1 aliphatic heterocycles. The normalized spacial score (nSPS) is 13.9. The maximum Gasteiger partial charge on any atom is 0.230 e. The van der Waals surface area contributed by atoms with Gasteiger partial charge in [-0.15, -0.1) is 0 Å². The minimum absolute atomic E-state index is 0.167. The lowest BCUT2D eigenvalue weighted by Gasteiger charge is -2.16. The van der Waals surface area contributed by atoms with E-state index in [9.17, 15) is 0 Å². The van der Waals surface area contributed by atoms with Gasteiger partial charge >= 0.3 is 0 Å². The SMILES string of the molecule is COc1c(Cl)cc2c(c1-c1cnoc1N)OCCCO2. The molecule has 6 nitrogen and oxygen atoms in total. The Labute approximate surface area is 120 Å². The molecule has 1 aliphatic rings. The van der Waals surface area contributed by atoms with Crippen LogP contribution in [0.3, 0.4) is 0 Å². The highest BCUT2D eigenvalue weighted by Gasteiger charge is 2.26. The number of methoxy groups -OCH3 is 1. The van der Waals surface area contributed by atoms with Gasteiger partial charge in [0.15, 0.2) is 11.5 Å². The van der Waals surface area contributed by atoms with Gasteiger partial charge in [0, 0.05) is 12.5 Å². The van der Waals surface area contributed by atoms with E-state index in [2.05, 4.69) is 5.16 Å². The molecule has 2 N–H and O–H groups in total. The van der Waals surface area contributed by atoms with Crippen LogP contribution in [-0.4, -0.2) is 25.5 Å². The van der Waals surface area contributed by atoms with Crippen molar-refractivity contribution in [3.8, 4) is 28.4 Å². The second kappa shape index (κ2) is 5.13. The van der Waals surface area contributed by atoms with E-state index < -0.39 is 0 Å². The van der Waals surface area contributed by atoms with Crippen LogP contribution in [0.2, 0.25) is 5.02 Å². The van der Waals surface area contributed by atoms with E-state index >= 15 is 0 Å². The van der Waals surface area contributed by atoms with E-state index in [0.717, 1.165) is 6.42 Å². The Hall–Kier alpha value is -2.08. The molecule has 0 spiro atoms. The summed E-state index contributed by atoms with van der Waals surface area (Å²) in [7, 11) is 1.53. The molecule has 7 heteroatoms. The van der Waals surface area contributed by atoms with Crippen molar-refractivity contribution in [3.05, 3.63) is 17.3 Å². The fourth-order valence-corrected chi connectivity index (χ4v) is 2.41. The van der Waals surface area contributed by atoms with Crippen LogP contribution in [-0.2, 0) is 0 Å². The van der Waals surface area contributed by atoms with Crippen molar-refractivity contribution in [1.82, 2.24) is 5.16 Å². The summed E-state index contributed by atoms with van der Waals surface area (Å²) in [6.07, 6.45) is 2.28. The first-order chi connectivity index (χ1) is 9.72. The van der Waals surface area contributed by atoms with Gasteiger partial charge in [-0.25, -0.2) is 0 Å². The van der Waals surface area contributed by atoms with Crippen LogP contribution < -0.4 is 19.9 Å². The predicted molar refractivity (Wildman–Crippen MR) is 73.5 cm³/mol. The number of rotatable bonds is 2. The maximum atomic E-state index is 6.24. The molecule has 1 aromatic heterocycles. The number of anilines is 1. The summed E-state index contributed by atoms with van der Waals surface area (Å²) in [6, 6.07) is 1.67. The minimum Gasteiger partial charge on any atom is -0.494 e. The number of benzene rings is 1. The van der Waals surface area contributed by atoms with Gasteiger partial charge in [0.2, 0.25) is 5.88 Å². The van der Waals surface area contributed by atoms with Crippen LogP contribution >= 0.6 is 11.6 Å². The van der Waals surface area contributed by atoms with Gasteiger partial charge in [-0.05, 0) is 0 Å². The number of ether oxygens (including phenoxy) is 3. The first-order valence-corrected chi connectivity index (χ1v) is 6.46. The highest BCUT2D eigenvalue weighted by atomic mass is 35.5. The van der Waals surface area contributed by atoms with Gasteiger partial charge in [0.1, 0.15) is 5.75 Å². The topological polar surface area (TPSA) is 79.7 Å². The Morgan fingerprint density at radius 2 is 2.15 bits per heavy atom. The first-order valence-electron chi connectivity index (χ1n) is 6.09. The van der Waals surface area contributed by atoms with Gasteiger partial charge in [-0.1, -0.05) is 16.8 Å². The molecule has 0 atom stereocenters. The summed E-state index contributed by atoms with van der Waals surface area (Å²) in [5, 5.41) is 4.09. The number of nitrogen functional groups attached to an aromatic ring is 1. The molecular weight excluding hydrogens is 284 g/mol. The van der Waals surface area contributed by atoms with Crippen molar-refractivity contribution in [2.45, 2.75) is 6.42 Å². The van der Waals surface area contributed by atoms with Crippen molar-refractivity contribution in [3.63, 3.8) is 0 Å². The van der Waals surface area contributed by atoms with E-state index in [-0.39, 0.29) is 5.88 Å². The third-order valence-electron chi connectivity index (χ3n) is 3.02. The van der Waals surface area contributed by atoms with Crippen LogP contribution in [0.4, 0.5) is 5.88 Å². The minimum atomic E-state index is 0.167. The second-order valence-electron chi connectivity index (χ2n) is 4.25. The average Bonchev–Trinajstić information content (AvgIpc) is 2.71. The number of hydrogen-bond acceptors (Lipinski definition) is 6. The van der Waals surface area contributed by atoms with Gasteiger partial charge in [-0.2, -0.15) is 0 Å². The van der Waals surface area contributed by atoms with Crippen molar-refractivity contribution >= 4 is 17.5 Å². The Kier molecular flexibility index (Phi) is 3.31. The van der Waals surface area contributed by atoms with Gasteiger partial charge in [0.05, 0.1) is 42.7 Å². The molecule has 20 heavy (non-hydrogen) atoms. The van der Waals surface area contributed by atoms with Gasteiger partial charge in [-0.3, -0.25) is 0 Å². The number of nitrogens with two attached hydrogens (primary N) is 1. The average molecular weight is 297 g/mol. The van der Waals surface area contributed by atoms with Gasteiger partial charge in [0.25, 0.3) is 0 Å². The molecule has 106 valence electrons. The highest BCUT2D eigenvalue weighted by molar-refractivity contribution is 6.33. The lowest BCUT2D eigenvalue weighted by atomic mass is 10.1. The van der Waals surface area contributed by atoms with Crippen LogP contribution in [0, 0.1) is 0 Å². The van der Waals surface area contributed by atoms with E-state index in [1.165, 1.54) is 13.3 Å². The molecule has 0 saturated heterocycles. The first kappa shape index (κ1) is 12.9. The second-order valence-corrected chi connectivity index (χ2v) is 4.66. The molecule has 0 amide bonds. The summed E-state index contributed by atoms with van der Waals surface area (Å²) >= 11 is 6.24.